The van der Waals surface area contributed by atoms with Gasteiger partial charge in [0.15, 0.2) is 12.6 Å². The third-order valence-corrected chi connectivity index (χ3v) is 9.05. The molecule has 1 saturated heterocycles. The summed E-state index contributed by atoms with van der Waals surface area (Å²) in [5.41, 5.74) is 1.20. The molecule has 1 unspecified atom stereocenters. The second-order valence-electron chi connectivity index (χ2n) is 13.1. The summed E-state index contributed by atoms with van der Waals surface area (Å²) in [5, 5.41) is 9.60. The summed E-state index contributed by atoms with van der Waals surface area (Å²) in [4.78, 5) is 26.5. The van der Waals surface area contributed by atoms with Gasteiger partial charge in [0.05, 0.1) is 25.4 Å². The maximum absolute atomic E-state index is 13.4. The number of esters is 2. The summed E-state index contributed by atoms with van der Waals surface area (Å²) in [7, 11) is 1.60. The normalized spacial score (nSPS) is 19.1. The number of benzene rings is 2. The molecule has 258 valence electrons. The average Bonchev–Trinajstić information content (AvgIpc) is 3.34. The molecule has 0 spiro atoms. The van der Waals surface area contributed by atoms with E-state index in [1.54, 1.807) is 68.5 Å². The first-order valence-corrected chi connectivity index (χ1v) is 19.6. The maximum Gasteiger partial charge on any atom is 0.342 e. The van der Waals surface area contributed by atoms with Gasteiger partial charge < -0.3 is 38.3 Å². The Labute approximate surface area is 279 Å². The minimum absolute atomic E-state index is 0.0604. The molecule has 0 aliphatic carbocycles. The number of aliphatic hydroxyl groups is 1. The topological polar surface area (TPSA) is 119 Å². The van der Waals surface area contributed by atoms with Gasteiger partial charge in [-0.25, -0.2) is 9.59 Å². The summed E-state index contributed by atoms with van der Waals surface area (Å²) in [6, 6.07) is 12.9. The molecule has 3 rings (SSSR count). The Morgan fingerprint density at radius 3 is 2.40 bits per heavy atom. The van der Waals surface area contributed by atoms with Crippen LogP contribution in [-0.2, 0) is 23.7 Å². The lowest BCUT2D eigenvalue weighted by molar-refractivity contribution is -0.152. The van der Waals surface area contributed by atoms with Crippen molar-refractivity contribution in [1.82, 2.24) is 0 Å². The molecule has 0 radical (unpaired) electrons. The van der Waals surface area contributed by atoms with Crippen LogP contribution in [-0.4, -0.2) is 83.4 Å². The minimum atomic E-state index is -1.43. The molecule has 0 amide bonds. The molecule has 1 heterocycles. The predicted octanol–water partition coefficient (Wildman–Crippen LogP) is 6.51. The Hall–Kier alpha value is -3.48. The van der Waals surface area contributed by atoms with Crippen molar-refractivity contribution in [3.8, 4) is 11.5 Å². The second kappa shape index (κ2) is 17.6. The van der Waals surface area contributed by atoms with Gasteiger partial charge in [0, 0.05) is 27.9 Å². The van der Waals surface area contributed by atoms with Gasteiger partial charge in [-0.3, -0.25) is 0 Å². The minimum Gasteiger partial charge on any atom is -0.497 e. The van der Waals surface area contributed by atoms with Crippen LogP contribution in [0.3, 0.4) is 0 Å². The van der Waals surface area contributed by atoms with Crippen LogP contribution < -0.4 is 9.47 Å². The van der Waals surface area contributed by atoms with Crippen LogP contribution in [0.1, 0.15) is 53.5 Å². The molecule has 2 aromatic rings. The summed E-state index contributed by atoms with van der Waals surface area (Å²) >= 11 is 0. The molecule has 0 bridgehead atoms. The largest absolute Gasteiger partial charge is 0.497 e. The molecular formula is C36H50O10Si. The third-order valence-electron chi connectivity index (χ3n) is 7.34. The molecule has 4 atom stereocenters. The average molecular weight is 671 g/mol. The van der Waals surface area contributed by atoms with Crippen LogP contribution >= 0.6 is 0 Å². The maximum atomic E-state index is 13.4. The van der Waals surface area contributed by atoms with Crippen molar-refractivity contribution in [1.29, 1.82) is 0 Å². The van der Waals surface area contributed by atoms with Crippen molar-refractivity contribution in [3.63, 3.8) is 0 Å². The zero-order valence-corrected chi connectivity index (χ0v) is 29.8. The molecule has 11 heteroatoms. The van der Waals surface area contributed by atoms with Crippen LogP contribution in [0.25, 0.3) is 6.08 Å². The Morgan fingerprint density at radius 2 is 1.77 bits per heavy atom. The number of methoxy groups -OCH3 is 2. The van der Waals surface area contributed by atoms with Crippen LogP contribution in [0.5, 0.6) is 11.5 Å². The molecule has 1 N–H and O–H groups in total. The second-order valence-corrected chi connectivity index (χ2v) is 18.8. The molecule has 1 aliphatic rings. The fraction of sp³-hybridized carbons (Fsp3) is 0.500. The van der Waals surface area contributed by atoms with Gasteiger partial charge in [-0.15, -0.1) is 0 Å². The van der Waals surface area contributed by atoms with E-state index in [9.17, 15) is 14.7 Å². The fourth-order valence-electron chi connectivity index (χ4n) is 4.83. The Kier molecular flexibility index (Phi) is 14.2. The standard InChI is InChI=1S/C36H50O10Si/c1-25(23-37)17-18-29(44-34(38)26-13-10-9-11-14-26)33-30(45-36(2,3)46-33)16-12-15-27-21-28(41-5)22-31(43-24-40-4)32(27)35(39)42-19-20-47(6,7)8/h9-15,17-18,21-22,25,29-30,33,37H,16,19-20,23-24H2,1-8H3/t25-,29?,30-,33+/m0/s1. The Morgan fingerprint density at radius 1 is 1.04 bits per heavy atom. The van der Waals surface area contributed by atoms with E-state index in [0.29, 0.717) is 29.9 Å². The zero-order valence-electron chi connectivity index (χ0n) is 28.8. The first-order chi connectivity index (χ1) is 22.3. The number of rotatable bonds is 17. The monoisotopic (exact) mass is 670 g/mol. The van der Waals surface area contributed by atoms with Crippen LogP contribution in [0, 0.1) is 5.92 Å². The summed E-state index contributed by atoms with van der Waals surface area (Å²) < 4.78 is 40.6. The van der Waals surface area contributed by atoms with E-state index in [4.69, 9.17) is 33.2 Å². The molecule has 2 aromatic carbocycles. The van der Waals surface area contributed by atoms with Gasteiger partial charge in [0.1, 0.15) is 29.3 Å². The number of carbonyl (C=O) groups is 2. The molecule has 1 aliphatic heterocycles. The van der Waals surface area contributed by atoms with Crippen molar-refractivity contribution in [2.45, 2.75) is 77.0 Å². The van der Waals surface area contributed by atoms with Gasteiger partial charge >= 0.3 is 11.9 Å². The van der Waals surface area contributed by atoms with Gasteiger partial charge in [-0.2, -0.15) is 0 Å². The number of hydrogen-bond donors (Lipinski definition) is 1. The first kappa shape index (κ1) is 38.0. The van der Waals surface area contributed by atoms with Crippen molar-refractivity contribution in [2.24, 2.45) is 5.92 Å². The number of carbonyl (C=O) groups excluding carboxylic acids is 2. The van der Waals surface area contributed by atoms with Gasteiger partial charge in [0.2, 0.25) is 0 Å². The molecular weight excluding hydrogens is 620 g/mol. The van der Waals surface area contributed by atoms with Crippen LogP contribution in [0.4, 0.5) is 0 Å². The Bertz CT molecular complexity index is 1370. The van der Waals surface area contributed by atoms with Crippen molar-refractivity contribution in [2.75, 3.05) is 34.2 Å². The summed E-state index contributed by atoms with van der Waals surface area (Å²) in [5.74, 6) is -1.36. The SMILES string of the molecule is COCOc1cc(OC)cc(C=CC[C@@H]2OC(C)(C)O[C@@H]2C(C=C[C@H](C)CO)OC(=O)c2ccccc2)c1C(=O)OCC[Si](C)(C)C. The fourth-order valence-corrected chi connectivity index (χ4v) is 5.55. The van der Waals surface area contributed by atoms with Crippen LogP contribution in [0.2, 0.25) is 25.7 Å². The van der Waals surface area contributed by atoms with E-state index < -0.39 is 44.1 Å². The first-order valence-electron chi connectivity index (χ1n) is 15.8. The summed E-state index contributed by atoms with van der Waals surface area (Å²) in [6.45, 7) is 12.3. The number of aliphatic hydroxyl groups excluding tert-OH is 1. The molecule has 1 fully saturated rings. The molecule has 0 saturated carbocycles. The summed E-state index contributed by atoms with van der Waals surface area (Å²) in [6.07, 6.45) is 5.55. The van der Waals surface area contributed by atoms with E-state index in [0.717, 1.165) is 6.04 Å². The van der Waals surface area contributed by atoms with Crippen molar-refractivity contribution < 1.29 is 47.9 Å². The van der Waals surface area contributed by atoms with Gasteiger partial charge in [-0.1, -0.05) is 63.0 Å². The quantitative estimate of drug-likeness (QED) is 0.0864. The highest BCUT2D eigenvalue weighted by Gasteiger charge is 2.45. The van der Waals surface area contributed by atoms with E-state index in [-0.39, 0.29) is 30.6 Å². The predicted molar refractivity (Wildman–Crippen MR) is 182 cm³/mol. The highest BCUT2D eigenvalue weighted by Crippen LogP contribution is 2.35. The van der Waals surface area contributed by atoms with Crippen molar-refractivity contribution in [3.05, 3.63) is 77.4 Å². The smallest absolute Gasteiger partial charge is 0.342 e. The van der Waals surface area contributed by atoms with E-state index >= 15 is 0 Å². The van der Waals surface area contributed by atoms with Crippen LogP contribution in [0.15, 0.2) is 60.7 Å². The van der Waals surface area contributed by atoms with E-state index in [1.807, 2.05) is 19.1 Å². The highest BCUT2D eigenvalue weighted by molar-refractivity contribution is 6.76. The molecule has 47 heavy (non-hydrogen) atoms. The van der Waals surface area contributed by atoms with Crippen molar-refractivity contribution >= 4 is 26.1 Å². The van der Waals surface area contributed by atoms with Gasteiger partial charge in [0.25, 0.3) is 0 Å². The lowest BCUT2D eigenvalue weighted by Gasteiger charge is -2.24. The number of hydrogen-bond acceptors (Lipinski definition) is 10. The Balaban J connectivity index is 1.92. The van der Waals surface area contributed by atoms with Gasteiger partial charge in [-0.05, 0) is 62.1 Å². The molecule has 0 aromatic heterocycles. The molecule has 10 nitrogen and oxygen atoms in total. The van der Waals surface area contributed by atoms with E-state index in [1.165, 1.54) is 14.2 Å². The van der Waals surface area contributed by atoms with E-state index in [2.05, 4.69) is 19.6 Å². The zero-order chi connectivity index (χ0) is 34.6. The number of ether oxygens (including phenoxy) is 7. The lowest BCUT2D eigenvalue weighted by Crippen LogP contribution is -2.37. The highest BCUT2D eigenvalue weighted by atomic mass is 28.3. The third kappa shape index (κ3) is 11.9. The lowest BCUT2D eigenvalue weighted by atomic mass is 10.0.